The molecule has 1 aromatic carbocycles. The van der Waals surface area contributed by atoms with Crippen molar-refractivity contribution >= 4 is 15.9 Å². The minimum Gasteiger partial charge on any atom is -0.481 e. The van der Waals surface area contributed by atoms with Crippen molar-refractivity contribution in [2.45, 2.75) is 55.7 Å². The first-order valence-corrected chi connectivity index (χ1v) is 14.2. The van der Waals surface area contributed by atoms with Crippen LogP contribution in [0.4, 0.5) is 4.39 Å². The summed E-state index contributed by atoms with van der Waals surface area (Å²) < 4.78 is 61.3. The lowest BCUT2D eigenvalue weighted by Crippen LogP contribution is -2.49. The van der Waals surface area contributed by atoms with Crippen LogP contribution in [-0.2, 0) is 36.3 Å². The fourth-order valence-corrected chi connectivity index (χ4v) is 5.75. The van der Waals surface area contributed by atoms with E-state index in [9.17, 15) is 17.6 Å². The lowest BCUT2D eigenvalue weighted by molar-refractivity contribution is -0.206. The Labute approximate surface area is 226 Å². The third-order valence-electron chi connectivity index (χ3n) is 7.12. The quantitative estimate of drug-likeness (QED) is 0.402. The third kappa shape index (κ3) is 5.28. The summed E-state index contributed by atoms with van der Waals surface area (Å²) >= 11 is 0. The number of methoxy groups -OCH3 is 2. The Kier molecular flexibility index (Phi) is 7.21. The summed E-state index contributed by atoms with van der Waals surface area (Å²) in [6.07, 6.45) is 2.99. The molecule has 208 valence electrons. The molecule has 3 heterocycles. The van der Waals surface area contributed by atoms with E-state index in [1.165, 1.54) is 31.5 Å². The number of nitrogens with zero attached hydrogens (tertiary/aromatic N) is 3. The van der Waals surface area contributed by atoms with Crippen LogP contribution in [0, 0.1) is 5.82 Å². The van der Waals surface area contributed by atoms with E-state index < -0.39 is 27.3 Å². The van der Waals surface area contributed by atoms with Crippen LogP contribution in [0.15, 0.2) is 41.6 Å². The minimum absolute atomic E-state index is 0.0833. The normalized spacial score (nSPS) is 16.7. The average Bonchev–Trinajstić information content (AvgIpc) is 3.62. The van der Waals surface area contributed by atoms with Gasteiger partial charge in [-0.1, -0.05) is 13.8 Å². The van der Waals surface area contributed by atoms with Crippen LogP contribution in [0.5, 0.6) is 5.88 Å². The lowest BCUT2D eigenvalue weighted by Gasteiger charge is -2.40. The van der Waals surface area contributed by atoms with E-state index >= 15 is 0 Å². The van der Waals surface area contributed by atoms with Crippen molar-refractivity contribution < 1.29 is 31.8 Å². The molecular formula is C27H31FN4O6S. The second-order valence-corrected chi connectivity index (χ2v) is 11.8. The topological polar surface area (TPSA) is 122 Å². The van der Waals surface area contributed by atoms with E-state index in [0.29, 0.717) is 47.0 Å². The SMILES string of the molecule is COc1cc(-c2cc(F)cc(C(C)C)c2CC(=O)NS(=O)(=O)c2cc(C3(OC)COC3)n(C3CC3)n2)ccn1. The predicted molar refractivity (Wildman–Crippen MR) is 139 cm³/mol. The van der Waals surface area contributed by atoms with Crippen LogP contribution < -0.4 is 9.46 Å². The van der Waals surface area contributed by atoms with Gasteiger partial charge in [0.1, 0.15) is 5.82 Å². The largest absolute Gasteiger partial charge is 0.481 e. The molecule has 39 heavy (non-hydrogen) atoms. The van der Waals surface area contributed by atoms with Crippen molar-refractivity contribution in [1.29, 1.82) is 0 Å². The van der Waals surface area contributed by atoms with Crippen molar-refractivity contribution in [2.75, 3.05) is 27.4 Å². The molecule has 10 nitrogen and oxygen atoms in total. The summed E-state index contributed by atoms with van der Waals surface area (Å²) in [7, 11) is -1.28. The van der Waals surface area contributed by atoms with Gasteiger partial charge in [-0.2, -0.15) is 13.5 Å². The van der Waals surface area contributed by atoms with Crippen molar-refractivity contribution in [3.05, 3.63) is 59.2 Å². The molecule has 2 aliphatic rings. The maximum atomic E-state index is 14.7. The van der Waals surface area contributed by atoms with E-state index in [4.69, 9.17) is 14.2 Å². The van der Waals surface area contributed by atoms with Gasteiger partial charge in [-0.3, -0.25) is 9.48 Å². The second kappa shape index (κ2) is 10.3. The summed E-state index contributed by atoms with van der Waals surface area (Å²) in [5.74, 6) is -1.03. The van der Waals surface area contributed by atoms with Gasteiger partial charge >= 0.3 is 0 Å². The van der Waals surface area contributed by atoms with Gasteiger partial charge in [-0.15, -0.1) is 0 Å². The molecule has 1 saturated heterocycles. The highest BCUT2D eigenvalue weighted by atomic mass is 32.2. The highest BCUT2D eigenvalue weighted by Gasteiger charge is 2.46. The maximum Gasteiger partial charge on any atom is 0.283 e. The summed E-state index contributed by atoms with van der Waals surface area (Å²) in [6, 6.07) is 7.55. The zero-order chi connectivity index (χ0) is 27.9. The van der Waals surface area contributed by atoms with Crippen molar-refractivity contribution in [3.63, 3.8) is 0 Å². The monoisotopic (exact) mass is 558 g/mol. The molecule has 0 radical (unpaired) electrons. The van der Waals surface area contributed by atoms with Gasteiger partial charge in [-0.25, -0.2) is 14.1 Å². The standard InChI is InChI=1S/C27H31FN4O6S/c1-16(2)20-10-18(28)11-21(17-7-8-29-25(9-17)36-3)22(20)12-24(33)31-39(34,35)26-13-23(27(37-4)14-38-15-27)32(30-26)19-5-6-19/h7-11,13,16,19H,5-6,12,14-15H2,1-4H3,(H,31,33). The highest BCUT2D eigenvalue weighted by molar-refractivity contribution is 7.90. The summed E-state index contributed by atoms with van der Waals surface area (Å²) in [5, 5.41) is 4.09. The Morgan fingerprint density at radius 1 is 1.23 bits per heavy atom. The van der Waals surface area contributed by atoms with Gasteiger partial charge in [0.25, 0.3) is 10.0 Å². The number of sulfonamides is 1. The van der Waals surface area contributed by atoms with Gasteiger partial charge in [0, 0.05) is 25.4 Å². The first kappa shape index (κ1) is 27.2. The van der Waals surface area contributed by atoms with Gasteiger partial charge < -0.3 is 14.2 Å². The predicted octanol–water partition coefficient (Wildman–Crippen LogP) is 3.47. The van der Waals surface area contributed by atoms with Crippen LogP contribution >= 0.6 is 0 Å². The zero-order valence-electron chi connectivity index (χ0n) is 22.2. The molecule has 2 fully saturated rings. The number of benzene rings is 1. The van der Waals surface area contributed by atoms with Crippen molar-refractivity contribution in [2.24, 2.45) is 0 Å². The number of hydrogen-bond acceptors (Lipinski definition) is 8. The van der Waals surface area contributed by atoms with E-state index in [2.05, 4.69) is 14.8 Å². The number of ether oxygens (including phenoxy) is 3. The molecule has 5 rings (SSSR count). The first-order valence-electron chi connectivity index (χ1n) is 12.7. The molecule has 0 bridgehead atoms. The average molecular weight is 559 g/mol. The molecule has 1 N–H and O–H groups in total. The fourth-order valence-electron chi connectivity index (χ4n) is 4.81. The molecular weight excluding hydrogens is 527 g/mol. The summed E-state index contributed by atoms with van der Waals surface area (Å²) in [6.45, 7) is 4.34. The maximum absolute atomic E-state index is 14.7. The molecule has 1 aliphatic heterocycles. The molecule has 0 unspecified atom stereocenters. The minimum atomic E-state index is -4.30. The van der Waals surface area contributed by atoms with E-state index in [-0.39, 0.29) is 23.4 Å². The molecule has 12 heteroatoms. The van der Waals surface area contributed by atoms with Crippen LogP contribution in [0.25, 0.3) is 11.1 Å². The van der Waals surface area contributed by atoms with E-state index in [1.807, 2.05) is 13.8 Å². The number of hydrogen-bond donors (Lipinski definition) is 1. The lowest BCUT2D eigenvalue weighted by atomic mass is 9.88. The molecule has 2 aromatic heterocycles. The Morgan fingerprint density at radius 2 is 1.97 bits per heavy atom. The molecule has 0 atom stereocenters. The highest BCUT2D eigenvalue weighted by Crippen LogP contribution is 2.42. The number of amides is 1. The van der Waals surface area contributed by atoms with Crippen LogP contribution in [0.3, 0.4) is 0 Å². The molecule has 1 saturated carbocycles. The van der Waals surface area contributed by atoms with Gasteiger partial charge in [-0.05, 0) is 59.2 Å². The molecule has 3 aromatic rings. The first-order chi connectivity index (χ1) is 18.6. The number of aromatic nitrogens is 3. The number of nitrogens with one attached hydrogen (secondary N) is 1. The third-order valence-corrected chi connectivity index (χ3v) is 8.37. The summed E-state index contributed by atoms with van der Waals surface area (Å²) in [5.41, 5.74) is 2.01. The number of pyridine rings is 1. The second-order valence-electron chi connectivity index (χ2n) is 10.2. The Bertz CT molecular complexity index is 1510. The van der Waals surface area contributed by atoms with Crippen LogP contribution in [0.2, 0.25) is 0 Å². The van der Waals surface area contributed by atoms with Gasteiger partial charge in [0.05, 0.1) is 38.5 Å². The van der Waals surface area contributed by atoms with Crippen molar-refractivity contribution in [1.82, 2.24) is 19.5 Å². The zero-order valence-corrected chi connectivity index (χ0v) is 23.0. The molecule has 0 spiro atoms. The Morgan fingerprint density at radius 3 is 2.56 bits per heavy atom. The van der Waals surface area contributed by atoms with Crippen LogP contribution in [0.1, 0.15) is 55.5 Å². The smallest absolute Gasteiger partial charge is 0.283 e. The molecule has 1 aliphatic carbocycles. The number of halogens is 1. The van der Waals surface area contributed by atoms with E-state index in [0.717, 1.165) is 12.8 Å². The number of carbonyl (C=O) groups excluding carboxylic acids is 1. The van der Waals surface area contributed by atoms with E-state index in [1.54, 1.807) is 23.9 Å². The van der Waals surface area contributed by atoms with Crippen LogP contribution in [-0.4, -0.2) is 56.5 Å². The Hall–Kier alpha value is -3.35. The molecule has 1 amide bonds. The Balaban J connectivity index is 1.46. The van der Waals surface area contributed by atoms with Gasteiger partial charge in [0.15, 0.2) is 10.6 Å². The van der Waals surface area contributed by atoms with Crippen molar-refractivity contribution in [3.8, 4) is 17.0 Å². The van der Waals surface area contributed by atoms with Gasteiger partial charge in [0.2, 0.25) is 11.8 Å². The number of rotatable bonds is 10. The fraction of sp³-hybridized carbons (Fsp3) is 0.444. The summed E-state index contributed by atoms with van der Waals surface area (Å²) in [4.78, 5) is 17.3. The number of carbonyl (C=O) groups is 1.